The third-order valence-corrected chi connectivity index (χ3v) is 8.17. The minimum absolute atomic E-state index is 0.680. The molecule has 2 atom stereocenters. The van der Waals surface area contributed by atoms with E-state index >= 15 is 0 Å². The summed E-state index contributed by atoms with van der Waals surface area (Å²) < 4.78 is 14.8. The molecule has 2 aliphatic rings. The minimum Gasteiger partial charge on any atom is -0.245 e. The summed E-state index contributed by atoms with van der Waals surface area (Å²) in [6, 6.07) is 0. The molecule has 0 saturated heterocycles. The van der Waals surface area contributed by atoms with Crippen molar-refractivity contribution in [3.05, 3.63) is 0 Å². The van der Waals surface area contributed by atoms with Gasteiger partial charge in [0, 0.05) is 3.92 Å². The highest BCUT2D eigenvalue weighted by Crippen LogP contribution is 2.60. The van der Waals surface area contributed by atoms with Crippen molar-refractivity contribution in [2.75, 3.05) is 0 Å². The highest BCUT2D eigenvalue weighted by molar-refractivity contribution is 14.1. The van der Waals surface area contributed by atoms with E-state index in [-0.39, 0.29) is 0 Å². The first kappa shape index (κ1) is 21.0. The second kappa shape index (κ2) is 8.57. The summed E-state index contributed by atoms with van der Waals surface area (Å²) in [4.78, 5) is 0. The maximum Gasteiger partial charge on any atom is 0.105 e. The lowest BCUT2D eigenvalue weighted by Crippen LogP contribution is -2.26. The molecular weight excluding hydrogens is 410 g/mol. The normalized spacial score (nSPS) is 29.5. The molecule has 0 amide bonds. The number of rotatable bonds is 9. The Kier molecular flexibility index (Phi) is 7.48. The molecule has 2 fully saturated rings. The molecule has 0 aromatic carbocycles. The lowest BCUT2D eigenvalue weighted by Gasteiger charge is -2.35. The van der Waals surface area contributed by atoms with Crippen LogP contribution in [0.4, 0.5) is 4.39 Å². The summed E-state index contributed by atoms with van der Waals surface area (Å²) in [6.07, 6.45) is 13.3. The van der Waals surface area contributed by atoms with Crippen molar-refractivity contribution >= 4 is 22.6 Å². The Bertz CT molecular complexity index is 372. The molecule has 0 nitrogen and oxygen atoms in total. The van der Waals surface area contributed by atoms with E-state index in [9.17, 15) is 4.39 Å². The van der Waals surface area contributed by atoms with E-state index in [0.29, 0.717) is 23.7 Å². The fourth-order valence-electron chi connectivity index (χ4n) is 5.15. The van der Waals surface area contributed by atoms with Crippen molar-refractivity contribution < 1.29 is 4.39 Å². The summed E-state index contributed by atoms with van der Waals surface area (Å²) >= 11 is 2.65. The van der Waals surface area contributed by atoms with Crippen LogP contribution in [-0.2, 0) is 0 Å². The van der Waals surface area contributed by atoms with Crippen molar-refractivity contribution in [3.8, 4) is 0 Å². The van der Waals surface area contributed by atoms with Gasteiger partial charge in [0.25, 0.3) is 0 Å². The first-order valence-electron chi connectivity index (χ1n) is 10.4. The Labute approximate surface area is 164 Å². The monoisotopic (exact) mass is 450 g/mol. The van der Waals surface area contributed by atoms with E-state index in [0.717, 1.165) is 22.2 Å². The van der Waals surface area contributed by atoms with Crippen LogP contribution < -0.4 is 0 Å². The van der Waals surface area contributed by atoms with Crippen molar-refractivity contribution in [2.45, 2.75) is 108 Å². The Morgan fingerprint density at radius 1 is 1.08 bits per heavy atom. The van der Waals surface area contributed by atoms with Crippen LogP contribution in [0.1, 0.15) is 98.8 Å². The van der Waals surface area contributed by atoms with Gasteiger partial charge in [-0.1, -0.05) is 43.4 Å². The fourth-order valence-corrected chi connectivity index (χ4v) is 5.87. The van der Waals surface area contributed by atoms with Crippen molar-refractivity contribution in [3.63, 3.8) is 0 Å². The predicted octanol–water partition coefficient (Wildman–Crippen LogP) is 7.98. The maximum atomic E-state index is 13.9. The smallest absolute Gasteiger partial charge is 0.105 e. The number of alkyl halides is 2. The van der Waals surface area contributed by atoms with Crippen molar-refractivity contribution in [1.29, 1.82) is 0 Å². The topological polar surface area (TPSA) is 0 Å². The molecule has 0 N–H and O–H groups in total. The van der Waals surface area contributed by atoms with Gasteiger partial charge in [0.15, 0.2) is 0 Å². The molecule has 0 aromatic rings. The molecule has 0 aromatic heterocycles. The van der Waals surface area contributed by atoms with Gasteiger partial charge in [-0.05, 0) is 107 Å². The Morgan fingerprint density at radius 3 is 2.12 bits per heavy atom. The van der Waals surface area contributed by atoms with E-state index in [4.69, 9.17) is 0 Å². The summed E-state index contributed by atoms with van der Waals surface area (Å²) in [6.45, 7) is 10.6. The van der Waals surface area contributed by atoms with Crippen molar-refractivity contribution in [2.24, 2.45) is 29.1 Å². The van der Waals surface area contributed by atoms with E-state index in [1.165, 1.54) is 51.4 Å². The van der Waals surface area contributed by atoms with Crippen LogP contribution in [0, 0.1) is 29.1 Å². The van der Waals surface area contributed by atoms with Crippen LogP contribution in [-0.4, -0.2) is 9.59 Å². The summed E-state index contributed by atoms with van der Waals surface area (Å²) in [7, 11) is 0. The second-order valence-corrected chi connectivity index (χ2v) is 11.9. The Morgan fingerprint density at radius 2 is 1.67 bits per heavy atom. The lowest BCUT2D eigenvalue weighted by atomic mass is 9.72. The quantitative estimate of drug-likeness (QED) is 0.247. The SMILES string of the molecule is CC(CC(CCC(C)(C)F)C(C)C)CC1(C2CCC(I)CC2)CC1. The van der Waals surface area contributed by atoms with E-state index in [1.54, 1.807) is 13.8 Å². The highest BCUT2D eigenvalue weighted by Gasteiger charge is 2.49. The number of halogens is 2. The van der Waals surface area contributed by atoms with Crippen LogP contribution in [0.3, 0.4) is 0 Å². The lowest BCUT2D eigenvalue weighted by molar-refractivity contribution is 0.151. The van der Waals surface area contributed by atoms with Gasteiger partial charge >= 0.3 is 0 Å². The van der Waals surface area contributed by atoms with Crippen LogP contribution in [0.25, 0.3) is 0 Å². The third-order valence-electron chi connectivity index (χ3n) is 6.93. The first-order valence-corrected chi connectivity index (χ1v) is 11.7. The van der Waals surface area contributed by atoms with Gasteiger partial charge in [-0.25, -0.2) is 4.39 Å². The zero-order valence-electron chi connectivity index (χ0n) is 16.7. The standard InChI is InChI=1S/C22H40FI/c1-16(2)18(10-11-21(4,5)23)14-17(3)15-22(12-13-22)19-6-8-20(24)9-7-19/h16-20H,6-15H2,1-5H3. The van der Waals surface area contributed by atoms with Gasteiger partial charge in [-0.3, -0.25) is 0 Å². The molecular formula is C22H40FI. The first-order chi connectivity index (χ1) is 11.1. The summed E-state index contributed by atoms with van der Waals surface area (Å²) in [5, 5.41) is 0. The molecule has 0 spiro atoms. The zero-order valence-corrected chi connectivity index (χ0v) is 18.9. The molecule has 2 aliphatic carbocycles. The van der Waals surface area contributed by atoms with Gasteiger partial charge in [-0.15, -0.1) is 0 Å². The third kappa shape index (κ3) is 6.43. The molecule has 2 heteroatoms. The molecule has 0 radical (unpaired) electrons. The molecule has 142 valence electrons. The molecule has 24 heavy (non-hydrogen) atoms. The largest absolute Gasteiger partial charge is 0.245 e. The number of hydrogen-bond acceptors (Lipinski definition) is 0. The van der Waals surface area contributed by atoms with E-state index in [1.807, 2.05) is 0 Å². The van der Waals surface area contributed by atoms with E-state index < -0.39 is 5.67 Å². The average Bonchev–Trinajstić information content (AvgIpc) is 3.23. The average molecular weight is 450 g/mol. The Hall–Kier alpha value is 0.660. The summed E-state index contributed by atoms with van der Waals surface area (Å²) in [5.74, 6) is 3.18. The van der Waals surface area contributed by atoms with Gasteiger partial charge < -0.3 is 0 Å². The van der Waals surface area contributed by atoms with Crippen molar-refractivity contribution in [1.82, 2.24) is 0 Å². The van der Waals surface area contributed by atoms with Gasteiger partial charge in [0.05, 0.1) is 0 Å². The van der Waals surface area contributed by atoms with Gasteiger partial charge in [-0.2, -0.15) is 0 Å². The predicted molar refractivity (Wildman–Crippen MR) is 113 cm³/mol. The fraction of sp³-hybridized carbons (Fsp3) is 1.00. The van der Waals surface area contributed by atoms with Gasteiger partial charge in [0.1, 0.15) is 5.67 Å². The highest BCUT2D eigenvalue weighted by atomic mass is 127. The minimum atomic E-state index is -1.01. The second-order valence-electron chi connectivity index (χ2n) is 10.1. The van der Waals surface area contributed by atoms with E-state index in [2.05, 4.69) is 43.4 Å². The Balaban J connectivity index is 1.83. The summed E-state index contributed by atoms with van der Waals surface area (Å²) in [5.41, 5.74) is -0.302. The number of hydrogen-bond donors (Lipinski definition) is 0. The maximum absolute atomic E-state index is 13.9. The molecule has 0 heterocycles. The zero-order chi connectivity index (χ0) is 18.0. The molecule has 0 aliphatic heterocycles. The van der Waals surface area contributed by atoms with Crippen LogP contribution >= 0.6 is 22.6 Å². The molecule has 2 rings (SSSR count). The van der Waals surface area contributed by atoms with Gasteiger partial charge in [0.2, 0.25) is 0 Å². The molecule has 2 saturated carbocycles. The molecule has 0 bridgehead atoms. The molecule has 2 unspecified atom stereocenters. The van der Waals surface area contributed by atoms with Crippen LogP contribution in [0.5, 0.6) is 0 Å². The van der Waals surface area contributed by atoms with Crippen LogP contribution in [0.2, 0.25) is 0 Å². The van der Waals surface area contributed by atoms with Crippen LogP contribution in [0.15, 0.2) is 0 Å².